The van der Waals surface area contributed by atoms with E-state index < -0.39 is 0 Å². The van der Waals surface area contributed by atoms with Gasteiger partial charge in [-0.3, -0.25) is 0 Å². The molecule has 0 aliphatic carbocycles. The van der Waals surface area contributed by atoms with Crippen LogP contribution in [0.2, 0.25) is 5.02 Å². The van der Waals surface area contributed by atoms with Crippen LogP contribution in [0.1, 0.15) is 20.3 Å². The second-order valence-corrected chi connectivity index (χ2v) is 4.24. The minimum absolute atomic E-state index is 0.264. The maximum atomic E-state index is 5.97. The monoisotopic (exact) mass is 213 g/mol. The number of benzene rings is 1. The normalized spacial score (nSPS) is 11.4. The highest BCUT2D eigenvalue weighted by atomic mass is 35.5. The molecule has 14 heavy (non-hydrogen) atoms. The van der Waals surface area contributed by atoms with Crippen LogP contribution in [-0.2, 0) is 0 Å². The van der Waals surface area contributed by atoms with E-state index in [1.807, 2.05) is 38.1 Å². The summed E-state index contributed by atoms with van der Waals surface area (Å²) < 4.78 is 5.76. The zero-order valence-corrected chi connectivity index (χ0v) is 9.34. The van der Waals surface area contributed by atoms with E-state index in [0.717, 1.165) is 6.42 Å². The minimum atomic E-state index is -0.264. The Balaban J connectivity index is 2.73. The molecule has 0 radical (unpaired) electrons. The molecule has 1 aromatic carbocycles. The number of halogens is 1. The van der Waals surface area contributed by atoms with Crippen molar-refractivity contribution in [2.24, 2.45) is 5.73 Å². The minimum Gasteiger partial charge on any atom is -0.486 e. The highest BCUT2D eigenvalue weighted by Gasteiger charge is 2.19. The lowest BCUT2D eigenvalue weighted by Gasteiger charge is -2.26. The Labute approximate surface area is 90.0 Å². The molecule has 0 atom stereocenters. The first-order valence-electron chi connectivity index (χ1n) is 4.69. The summed E-state index contributed by atoms with van der Waals surface area (Å²) >= 11 is 5.97. The van der Waals surface area contributed by atoms with Crippen molar-refractivity contribution in [3.63, 3.8) is 0 Å². The molecule has 0 spiro atoms. The first-order chi connectivity index (χ1) is 6.55. The number of para-hydroxylation sites is 1. The van der Waals surface area contributed by atoms with Crippen molar-refractivity contribution in [1.82, 2.24) is 0 Å². The van der Waals surface area contributed by atoms with Crippen molar-refractivity contribution < 1.29 is 4.74 Å². The third-order valence-corrected chi connectivity index (χ3v) is 2.28. The molecule has 0 heterocycles. The van der Waals surface area contributed by atoms with Crippen molar-refractivity contribution in [1.29, 1.82) is 0 Å². The molecular formula is C11H16ClNO. The van der Waals surface area contributed by atoms with Gasteiger partial charge in [0, 0.05) is 0 Å². The fraction of sp³-hybridized carbons (Fsp3) is 0.455. The Morgan fingerprint density at radius 1 is 1.36 bits per heavy atom. The van der Waals surface area contributed by atoms with Crippen molar-refractivity contribution in [3.05, 3.63) is 29.3 Å². The van der Waals surface area contributed by atoms with Crippen LogP contribution in [0, 0.1) is 0 Å². The van der Waals surface area contributed by atoms with Gasteiger partial charge in [0.05, 0.1) is 5.02 Å². The van der Waals surface area contributed by atoms with Crippen molar-refractivity contribution in [2.45, 2.75) is 25.9 Å². The molecule has 1 aromatic rings. The zero-order chi connectivity index (χ0) is 10.6. The van der Waals surface area contributed by atoms with Crippen LogP contribution < -0.4 is 10.5 Å². The Hall–Kier alpha value is -0.730. The lowest BCUT2D eigenvalue weighted by Crippen LogP contribution is -2.31. The number of rotatable bonds is 4. The fourth-order valence-corrected chi connectivity index (χ4v) is 1.40. The summed E-state index contributed by atoms with van der Waals surface area (Å²) in [5.74, 6) is 0.715. The van der Waals surface area contributed by atoms with E-state index in [0.29, 0.717) is 17.3 Å². The number of ether oxygens (including phenoxy) is 1. The van der Waals surface area contributed by atoms with E-state index in [-0.39, 0.29) is 5.60 Å². The first-order valence-corrected chi connectivity index (χ1v) is 5.06. The maximum absolute atomic E-state index is 5.97. The van der Waals surface area contributed by atoms with Gasteiger partial charge in [-0.2, -0.15) is 0 Å². The second-order valence-electron chi connectivity index (χ2n) is 3.83. The molecule has 0 saturated heterocycles. The third kappa shape index (κ3) is 3.20. The summed E-state index contributed by atoms with van der Waals surface area (Å²) in [6, 6.07) is 7.46. The Kier molecular flexibility index (Phi) is 3.78. The van der Waals surface area contributed by atoms with Crippen LogP contribution in [0.25, 0.3) is 0 Å². The molecule has 2 nitrogen and oxygen atoms in total. The van der Waals surface area contributed by atoms with E-state index in [1.165, 1.54) is 0 Å². The Morgan fingerprint density at radius 2 is 2.00 bits per heavy atom. The molecule has 1 rings (SSSR count). The molecule has 0 unspecified atom stereocenters. The quantitative estimate of drug-likeness (QED) is 0.835. The third-order valence-electron chi connectivity index (χ3n) is 1.97. The van der Waals surface area contributed by atoms with Gasteiger partial charge in [-0.05, 0) is 38.9 Å². The molecule has 2 N–H and O–H groups in total. The van der Waals surface area contributed by atoms with Gasteiger partial charge in [0.15, 0.2) is 0 Å². The van der Waals surface area contributed by atoms with E-state index in [4.69, 9.17) is 22.1 Å². The predicted octanol–water partition coefficient (Wildman–Crippen LogP) is 2.85. The Morgan fingerprint density at radius 3 is 2.57 bits per heavy atom. The SMILES string of the molecule is CC(C)(CCN)Oc1ccccc1Cl. The average Bonchev–Trinajstić information content (AvgIpc) is 2.08. The molecular weight excluding hydrogens is 198 g/mol. The highest BCUT2D eigenvalue weighted by Crippen LogP contribution is 2.28. The largest absolute Gasteiger partial charge is 0.486 e. The topological polar surface area (TPSA) is 35.2 Å². The predicted molar refractivity (Wildman–Crippen MR) is 59.8 cm³/mol. The zero-order valence-electron chi connectivity index (χ0n) is 8.59. The van der Waals surface area contributed by atoms with E-state index in [9.17, 15) is 0 Å². The van der Waals surface area contributed by atoms with Crippen LogP contribution in [0.4, 0.5) is 0 Å². The molecule has 0 amide bonds. The number of hydrogen-bond acceptors (Lipinski definition) is 2. The highest BCUT2D eigenvalue weighted by molar-refractivity contribution is 6.32. The van der Waals surface area contributed by atoms with E-state index in [2.05, 4.69) is 0 Å². The van der Waals surface area contributed by atoms with Gasteiger partial charge < -0.3 is 10.5 Å². The molecule has 0 aromatic heterocycles. The van der Waals surface area contributed by atoms with Crippen LogP contribution in [0.5, 0.6) is 5.75 Å². The summed E-state index contributed by atoms with van der Waals surface area (Å²) in [7, 11) is 0. The second kappa shape index (κ2) is 4.67. The summed E-state index contributed by atoms with van der Waals surface area (Å²) in [6.45, 7) is 4.61. The molecule has 78 valence electrons. The lowest BCUT2D eigenvalue weighted by atomic mass is 10.1. The molecule has 0 fully saturated rings. The van der Waals surface area contributed by atoms with Crippen molar-refractivity contribution in [2.75, 3.05) is 6.54 Å². The van der Waals surface area contributed by atoms with Crippen LogP contribution in [0.15, 0.2) is 24.3 Å². The van der Waals surface area contributed by atoms with Gasteiger partial charge in [-0.25, -0.2) is 0 Å². The van der Waals surface area contributed by atoms with Crippen LogP contribution in [0.3, 0.4) is 0 Å². The molecule has 0 bridgehead atoms. The van der Waals surface area contributed by atoms with Crippen molar-refractivity contribution >= 4 is 11.6 Å². The van der Waals surface area contributed by atoms with Gasteiger partial charge in [0.2, 0.25) is 0 Å². The smallest absolute Gasteiger partial charge is 0.138 e. The average molecular weight is 214 g/mol. The molecule has 0 saturated carbocycles. The number of nitrogens with two attached hydrogens (primary N) is 1. The first kappa shape index (κ1) is 11.3. The molecule has 0 aliphatic heterocycles. The number of hydrogen-bond donors (Lipinski definition) is 1. The van der Waals surface area contributed by atoms with Gasteiger partial charge >= 0.3 is 0 Å². The van der Waals surface area contributed by atoms with Gasteiger partial charge in [-0.15, -0.1) is 0 Å². The van der Waals surface area contributed by atoms with Gasteiger partial charge in [0.25, 0.3) is 0 Å². The van der Waals surface area contributed by atoms with Crippen molar-refractivity contribution in [3.8, 4) is 5.75 Å². The summed E-state index contributed by atoms with van der Waals surface area (Å²) in [6.07, 6.45) is 0.804. The van der Waals surface area contributed by atoms with E-state index in [1.54, 1.807) is 0 Å². The summed E-state index contributed by atoms with van der Waals surface area (Å²) in [5.41, 5.74) is 5.23. The van der Waals surface area contributed by atoms with Gasteiger partial charge in [0.1, 0.15) is 11.4 Å². The Bertz CT molecular complexity index is 299. The standard InChI is InChI=1S/C11H16ClNO/c1-11(2,7-8-13)14-10-6-4-3-5-9(10)12/h3-6H,7-8,13H2,1-2H3. The van der Waals surface area contributed by atoms with Gasteiger partial charge in [-0.1, -0.05) is 23.7 Å². The molecule has 0 aliphatic rings. The summed E-state index contributed by atoms with van der Waals surface area (Å²) in [5, 5.41) is 0.637. The van der Waals surface area contributed by atoms with Crippen LogP contribution >= 0.6 is 11.6 Å². The molecule has 3 heteroatoms. The maximum Gasteiger partial charge on any atom is 0.138 e. The van der Waals surface area contributed by atoms with E-state index >= 15 is 0 Å². The lowest BCUT2D eigenvalue weighted by molar-refractivity contribution is 0.102. The van der Waals surface area contributed by atoms with Crippen LogP contribution in [-0.4, -0.2) is 12.1 Å². The summed E-state index contributed by atoms with van der Waals surface area (Å²) in [4.78, 5) is 0. The fourth-order valence-electron chi connectivity index (χ4n) is 1.22.